The van der Waals surface area contributed by atoms with Crippen LogP contribution in [0.4, 0.5) is 10.1 Å². The number of fused-ring (bicyclic) bond motifs is 1. The highest BCUT2D eigenvalue weighted by Gasteiger charge is 2.39. The minimum absolute atomic E-state index is 0.274. The molecule has 0 saturated heterocycles. The van der Waals surface area contributed by atoms with Crippen LogP contribution in [0.2, 0.25) is 0 Å². The maximum absolute atomic E-state index is 14.5. The molecular weight excluding hydrogens is 339 g/mol. The third-order valence-corrected chi connectivity index (χ3v) is 4.51. The van der Waals surface area contributed by atoms with Gasteiger partial charge in [0.15, 0.2) is 0 Å². The Morgan fingerprint density at radius 3 is 3.05 bits per heavy atom. The number of rotatable bonds is 3. The van der Waals surface area contributed by atoms with E-state index in [0.29, 0.717) is 17.6 Å². The molecule has 3 N–H and O–H groups in total. The van der Waals surface area contributed by atoms with Crippen molar-refractivity contribution >= 4 is 33.0 Å². The van der Waals surface area contributed by atoms with Crippen LogP contribution in [0.3, 0.4) is 0 Å². The average Bonchev–Trinajstić information content (AvgIpc) is 2.92. The molecule has 21 heavy (non-hydrogen) atoms. The van der Waals surface area contributed by atoms with E-state index >= 15 is 0 Å². The number of anilines is 1. The van der Waals surface area contributed by atoms with E-state index in [-0.39, 0.29) is 11.6 Å². The van der Waals surface area contributed by atoms with Gasteiger partial charge in [-0.05, 0) is 48.2 Å². The zero-order valence-corrected chi connectivity index (χ0v) is 13.2. The SMILES string of the molecule is CC1(F)CCCC1Nc1c(C(N)=O)cnn2cc(Br)cc12. The largest absolute Gasteiger partial charge is 0.377 e. The molecule has 2 aromatic rings. The molecule has 2 heterocycles. The highest BCUT2D eigenvalue weighted by atomic mass is 79.9. The fourth-order valence-electron chi connectivity index (χ4n) is 2.89. The highest BCUT2D eigenvalue weighted by molar-refractivity contribution is 9.10. The van der Waals surface area contributed by atoms with Gasteiger partial charge in [-0.1, -0.05) is 0 Å². The molecule has 0 aromatic carbocycles. The van der Waals surface area contributed by atoms with Crippen LogP contribution >= 0.6 is 15.9 Å². The van der Waals surface area contributed by atoms with E-state index in [9.17, 15) is 9.18 Å². The van der Waals surface area contributed by atoms with Crippen LogP contribution in [-0.2, 0) is 0 Å². The number of hydrogen-bond acceptors (Lipinski definition) is 3. The van der Waals surface area contributed by atoms with E-state index in [1.54, 1.807) is 17.6 Å². The molecule has 5 nitrogen and oxygen atoms in total. The molecular formula is C14H16BrFN4O. The molecule has 1 aliphatic rings. The monoisotopic (exact) mass is 354 g/mol. The van der Waals surface area contributed by atoms with Gasteiger partial charge in [0.2, 0.25) is 0 Å². The van der Waals surface area contributed by atoms with E-state index in [2.05, 4.69) is 26.3 Å². The van der Waals surface area contributed by atoms with Crippen LogP contribution in [-0.4, -0.2) is 27.2 Å². The fraction of sp³-hybridized carbons (Fsp3) is 0.429. The van der Waals surface area contributed by atoms with Crippen LogP contribution in [0, 0.1) is 0 Å². The summed E-state index contributed by atoms with van der Waals surface area (Å²) in [6.45, 7) is 1.59. The normalized spacial score (nSPS) is 25.4. The lowest BCUT2D eigenvalue weighted by Crippen LogP contribution is -2.36. The van der Waals surface area contributed by atoms with Crippen molar-refractivity contribution in [2.75, 3.05) is 5.32 Å². The van der Waals surface area contributed by atoms with E-state index < -0.39 is 11.6 Å². The van der Waals surface area contributed by atoms with Gasteiger partial charge in [0, 0.05) is 10.7 Å². The lowest BCUT2D eigenvalue weighted by Gasteiger charge is -2.26. The molecule has 7 heteroatoms. The molecule has 0 radical (unpaired) electrons. The number of nitrogens with two attached hydrogens (primary N) is 1. The second-order valence-corrected chi connectivity index (χ2v) is 6.57. The van der Waals surface area contributed by atoms with E-state index in [1.807, 2.05) is 6.07 Å². The standard InChI is InChI=1S/C14H16BrFN4O/c1-14(16)4-2-3-11(14)19-12-9(13(17)21)6-18-20-7-8(15)5-10(12)20/h5-7,11,19H,2-4H2,1H3,(H2,17,21). The van der Waals surface area contributed by atoms with Crippen molar-refractivity contribution < 1.29 is 9.18 Å². The van der Waals surface area contributed by atoms with Crippen molar-refractivity contribution in [2.45, 2.75) is 37.9 Å². The maximum atomic E-state index is 14.5. The predicted molar refractivity (Wildman–Crippen MR) is 82.2 cm³/mol. The van der Waals surface area contributed by atoms with Crippen molar-refractivity contribution in [1.82, 2.24) is 9.61 Å². The summed E-state index contributed by atoms with van der Waals surface area (Å²) in [6, 6.07) is 1.49. The summed E-state index contributed by atoms with van der Waals surface area (Å²) < 4.78 is 16.9. The Labute approximate surface area is 129 Å². The minimum atomic E-state index is -1.29. The molecule has 112 valence electrons. The second-order valence-electron chi connectivity index (χ2n) is 5.65. The summed E-state index contributed by atoms with van der Waals surface area (Å²) in [5.41, 5.74) is 5.64. The predicted octanol–water partition coefficient (Wildman–Crippen LogP) is 2.89. The van der Waals surface area contributed by atoms with Crippen LogP contribution in [0.15, 0.2) is 22.9 Å². The maximum Gasteiger partial charge on any atom is 0.252 e. The van der Waals surface area contributed by atoms with Crippen LogP contribution in [0.1, 0.15) is 36.5 Å². The lowest BCUT2D eigenvalue weighted by molar-refractivity contribution is 0.1000. The Hall–Kier alpha value is -1.63. The van der Waals surface area contributed by atoms with Gasteiger partial charge in [0.05, 0.1) is 29.0 Å². The Kier molecular flexibility index (Phi) is 3.39. The number of alkyl halides is 1. The average molecular weight is 355 g/mol. The van der Waals surface area contributed by atoms with Crippen molar-refractivity contribution in [3.63, 3.8) is 0 Å². The van der Waals surface area contributed by atoms with Gasteiger partial charge < -0.3 is 11.1 Å². The van der Waals surface area contributed by atoms with Crippen molar-refractivity contribution in [3.05, 3.63) is 28.5 Å². The number of nitrogens with one attached hydrogen (secondary N) is 1. The molecule has 2 aromatic heterocycles. The van der Waals surface area contributed by atoms with Gasteiger partial charge in [-0.3, -0.25) is 4.79 Å². The van der Waals surface area contributed by atoms with Gasteiger partial charge in [-0.2, -0.15) is 5.10 Å². The Morgan fingerprint density at radius 2 is 2.43 bits per heavy atom. The molecule has 1 amide bonds. The Bertz CT molecular complexity index is 712. The Morgan fingerprint density at radius 1 is 1.67 bits per heavy atom. The summed E-state index contributed by atoms with van der Waals surface area (Å²) >= 11 is 3.38. The van der Waals surface area contributed by atoms with Crippen LogP contribution in [0.5, 0.6) is 0 Å². The van der Waals surface area contributed by atoms with Crippen LogP contribution < -0.4 is 11.1 Å². The van der Waals surface area contributed by atoms with E-state index in [0.717, 1.165) is 17.3 Å². The molecule has 0 bridgehead atoms. The summed E-state index contributed by atoms with van der Waals surface area (Å²) in [5, 5.41) is 7.33. The molecule has 0 spiro atoms. The second kappa shape index (κ2) is 4.98. The molecule has 1 fully saturated rings. The zero-order chi connectivity index (χ0) is 15.2. The summed E-state index contributed by atoms with van der Waals surface area (Å²) in [5.74, 6) is -0.580. The van der Waals surface area contributed by atoms with Gasteiger partial charge in [0.1, 0.15) is 5.67 Å². The first-order valence-electron chi connectivity index (χ1n) is 6.80. The number of hydrogen-bond donors (Lipinski definition) is 2. The molecule has 2 unspecified atom stereocenters. The number of nitrogens with zero attached hydrogens (tertiary/aromatic N) is 2. The first kappa shape index (κ1) is 14.3. The lowest BCUT2D eigenvalue weighted by atomic mass is 10.0. The highest BCUT2D eigenvalue weighted by Crippen LogP contribution is 2.37. The van der Waals surface area contributed by atoms with Crippen molar-refractivity contribution in [1.29, 1.82) is 0 Å². The number of aromatic nitrogens is 2. The molecule has 2 atom stereocenters. The van der Waals surface area contributed by atoms with Crippen molar-refractivity contribution in [3.8, 4) is 0 Å². The fourth-order valence-corrected chi connectivity index (χ4v) is 3.30. The Balaban J connectivity index is 2.10. The quantitative estimate of drug-likeness (QED) is 0.889. The number of primary amides is 1. The van der Waals surface area contributed by atoms with Crippen LogP contribution in [0.25, 0.3) is 5.52 Å². The summed E-state index contributed by atoms with van der Waals surface area (Å²) in [4.78, 5) is 11.6. The first-order valence-corrected chi connectivity index (χ1v) is 7.60. The van der Waals surface area contributed by atoms with E-state index in [1.165, 1.54) is 6.20 Å². The topological polar surface area (TPSA) is 72.4 Å². The van der Waals surface area contributed by atoms with Gasteiger partial charge >= 0.3 is 0 Å². The summed E-state index contributed by atoms with van der Waals surface area (Å²) in [6.07, 6.45) is 5.25. The number of amides is 1. The van der Waals surface area contributed by atoms with Gasteiger partial charge in [-0.25, -0.2) is 8.91 Å². The molecule has 3 rings (SSSR count). The minimum Gasteiger partial charge on any atom is -0.377 e. The smallest absolute Gasteiger partial charge is 0.252 e. The first-order chi connectivity index (χ1) is 9.88. The number of carbonyl (C=O) groups is 1. The van der Waals surface area contributed by atoms with Gasteiger partial charge in [-0.15, -0.1) is 0 Å². The number of halogens is 2. The van der Waals surface area contributed by atoms with Gasteiger partial charge in [0.25, 0.3) is 5.91 Å². The third kappa shape index (κ3) is 2.50. The number of carbonyl (C=O) groups excluding carboxylic acids is 1. The van der Waals surface area contributed by atoms with Crippen molar-refractivity contribution in [2.24, 2.45) is 5.73 Å². The molecule has 0 aliphatic heterocycles. The third-order valence-electron chi connectivity index (χ3n) is 4.07. The van der Waals surface area contributed by atoms with E-state index in [4.69, 9.17) is 5.73 Å². The summed E-state index contributed by atoms with van der Waals surface area (Å²) in [7, 11) is 0. The zero-order valence-electron chi connectivity index (χ0n) is 11.6. The molecule has 1 saturated carbocycles. The molecule has 1 aliphatic carbocycles.